The summed E-state index contributed by atoms with van der Waals surface area (Å²) in [4.78, 5) is 0. The molecule has 0 aromatic carbocycles. The first kappa shape index (κ1) is 25.7. The van der Waals surface area contributed by atoms with Gasteiger partial charge in [0.1, 0.15) is 0 Å². The first-order valence-corrected chi connectivity index (χ1v) is 9.34. The number of hydrogen-bond acceptors (Lipinski definition) is 8. The zero-order valence-electron chi connectivity index (χ0n) is 16.4. The molecule has 8 nitrogen and oxygen atoms in total. The molecular formula is C17H36BO8. The van der Waals surface area contributed by atoms with Gasteiger partial charge in [0.15, 0.2) is 0 Å². The van der Waals surface area contributed by atoms with Gasteiger partial charge in [-0.05, 0) is 6.42 Å². The van der Waals surface area contributed by atoms with E-state index in [2.05, 4.69) is 6.92 Å². The molecule has 0 unspecified atom stereocenters. The molecule has 0 atom stereocenters. The van der Waals surface area contributed by atoms with Crippen molar-refractivity contribution in [3.05, 3.63) is 0 Å². The Labute approximate surface area is 159 Å². The summed E-state index contributed by atoms with van der Waals surface area (Å²) in [6.07, 6.45) is 2.24. The third kappa shape index (κ3) is 23.7. The highest BCUT2D eigenvalue weighted by atomic mass is 16.6. The lowest BCUT2D eigenvalue weighted by molar-refractivity contribution is -0.000990. The van der Waals surface area contributed by atoms with Gasteiger partial charge in [0, 0.05) is 13.7 Å². The average Bonchev–Trinajstić information content (AvgIpc) is 2.66. The fraction of sp³-hybridized carbons (Fsp3) is 1.00. The third-order valence-electron chi connectivity index (χ3n) is 3.02. The average molecular weight is 379 g/mol. The summed E-state index contributed by atoms with van der Waals surface area (Å²) in [6.45, 7) is 9.41. The largest absolute Gasteiger partial charge is 0.488 e. The monoisotopic (exact) mass is 379 g/mol. The Morgan fingerprint density at radius 3 is 1.31 bits per heavy atom. The zero-order valence-corrected chi connectivity index (χ0v) is 16.4. The Hall–Kier alpha value is -0.255. The van der Waals surface area contributed by atoms with Crippen molar-refractivity contribution >= 4 is 7.69 Å². The van der Waals surface area contributed by atoms with E-state index in [1.807, 2.05) is 0 Å². The molecule has 0 aliphatic heterocycles. The summed E-state index contributed by atoms with van der Waals surface area (Å²) in [5.41, 5.74) is 0. The van der Waals surface area contributed by atoms with Crippen molar-refractivity contribution in [3.8, 4) is 0 Å². The number of rotatable bonds is 23. The van der Waals surface area contributed by atoms with Crippen LogP contribution in [-0.4, -0.2) is 101 Å². The van der Waals surface area contributed by atoms with Gasteiger partial charge in [-0.25, -0.2) is 0 Å². The molecule has 0 saturated heterocycles. The van der Waals surface area contributed by atoms with Crippen molar-refractivity contribution in [3.63, 3.8) is 0 Å². The fourth-order valence-electron chi connectivity index (χ4n) is 1.61. The van der Waals surface area contributed by atoms with E-state index in [0.29, 0.717) is 79.3 Å². The van der Waals surface area contributed by atoms with Crippen LogP contribution in [0.2, 0.25) is 0 Å². The first-order chi connectivity index (χ1) is 12.9. The summed E-state index contributed by atoms with van der Waals surface area (Å²) >= 11 is 0. The highest BCUT2D eigenvalue weighted by Crippen LogP contribution is 1.88. The van der Waals surface area contributed by atoms with Crippen LogP contribution in [0.1, 0.15) is 19.8 Å². The van der Waals surface area contributed by atoms with Crippen molar-refractivity contribution in [1.82, 2.24) is 0 Å². The van der Waals surface area contributed by atoms with Gasteiger partial charge in [0.05, 0.1) is 79.3 Å². The molecule has 0 rings (SSSR count). The maximum Gasteiger partial charge on any atom is 0.488 e. The second-order valence-corrected chi connectivity index (χ2v) is 5.25. The Kier molecular flexibility index (Phi) is 24.5. The van der Waals surface area contributed by atoms with E-state index in [-0.39, 0.29) is 0 Å². The fourth-order valence-corrected chi connectivity index (χ4v) is 1.61. The molecule has 0 heterocycles. The molecular weight excluding hydrogens is 343 g/mol. The standard InChI is InChI=1S/C17H36BO8/c1-3-4-5-20-8-9-23-14-16-25-18-26-17-15-24-13-12-22-11-10-21-7-6-19-2/h3-17H2,1-2H3. The van der Waals surface area contributed by atoms with Crippen LogP contribution >= 0.6 is 0 Å². The SMILES string of the molecule is CCCCOCCOCCO[B]OCCOCCOCCOCCOC. The minimum atomic E-state index is 0.437. The summed E-state index contributed by atoms with van der Waals surface area (Å²) < 4.78 is 41.9. The lowest BCUT2D eigenvalue weighted by Gasteiger charge is -2.07. The van der Waals surface area contributed by atoms with E-state index >= 15 is 0 Å². The molecule has 0 saturated carbocycles. The second kappa shape index (κ2) is 24.7. The Morgan fingerprint density at radius 1 is 0.500 bits per heavy atom. The zero-order chi connectivity index (χ0) is 19.0. The lowest BCUT2D eigenvalue weighted by Crippen LogP contribution is -2.16. The molecule has 0 N–H and O–H groups in total. The van der Waals surface area contributed by atoms with Gasteiger partial charge >= 0.3 is 7.69 Å². The van der Waals surface area contributed by atoms with E-state index in [1.54, 1.807) is 7.11 Å². The van der Waals surface area contributed by atoms with Crippen molar-refractivity contribution < 1.29 is 37.7 Å². The van der Waals surface area contributed by atoms with E-state index in [0.717, 1.165) is 19.4 Å². The maximum atomic E-state index is 5.38. The molecule has 0 spiro atoms. The molecule has 9 heteroatoms. The van der Waals surface area contributed by atoms with E-state index in [1.165, 1.54) is 7.69 Å². The molecule has 155 valence electrons. The van der Waals surface area contributed by atoms with E-state index in [9.17, 15) is 0 Å². The lowest BCUT2D eigenvalue weighted by atomic mass is 10.4. The molecule has 0 fully saturated rings. The first-order valence-electron chi connectivity index (χ1n) is 9.34. The van der Waals surface area contributed by atoms with Crippen LogP contribution < -0.4 is 0 Å². The number of hydrogen-bond donors (Lipinski definition) is 0. The Morgan fingerprint density at radius 2 is 0.885 bits per heavy atom. The second-order valence-electron chi connectivity index (χ2n) is 5.25. The van der Waals surface area contributed by atoms with Gasteiger partial charge in [-0.1, -0.05) is 13.3 Å². The van der Waals surface area contributed by atoms with Crippen LogP contribution in [-0.2, 0) is 37.7 Å². The molecule has 0 aliphatic rings. The number of ether oxygens (including phenoxy) is 6. The topological polar surface area (TPSA) is 73.8 Å². The van der Waals surface area contributed by atoms with Gasteiger partial charge in [-0.2, -0.15) is 0 Å². The minimum absolute atomic E-state index is 0.437. The third-order valence-corrected chi connectivity index (χ3v) is 3.02. The normalized spacial score (nSPS) is 11.2. The van der Waals surface area contributed by atoms with Crippen molar-refractivity contribution in [2.45, 2.75) is 19.8 Å². The van der Waals surface area contributed by atoms with Gasteiger partial charge in [0.25, 0.3) is 0 Å². The summed E-state index contributed by atoms with van der Waals surface area (Å²) in [5, 5.41) is 0. The Balaban J connectivity index is 2.95. The molecule has 0 aromatic rings. The highest BCUT2D eigenvalue weighted by molar-refractivity contribution is 6.17. The molecule has 0 aromatic heterocycles. The molecule has 0 aliphatic carbocycles. The van der Waals surface area contributed by atoms with Crippen LogP contribution in [0.5, 0.6) is 0 Å². The van der Waals surface area contributed by atoms with Gasteiger partial charge < -0.3 is 37.7 Å². The summed E-state index contributed by atoms with van der Waals surface area (Å²) in [6, 6.07) is 0. The predicted octanol–water partition coefficient (Wildman–Crippen LogP) is 1.08. The van der Waals surface area contributed by atoms with Crippen LogP contribution in [0.4, 0.5) is 0 Å². The maximum absolute atomic E-state index is 5.38. The Bertz CT molecular complexity index is 225. The van der Waals surface area contributed by atoms with E-state index < -0.39 is 0 Å². The highest BCUT2D eigenvalue weighted by Gasteiger charge is 1.96. The quantitative estimate of drug-likeness (QED) is 0.193. The van der Waals surface area contributed by atoms with Crippen LogP contribution in [0, 0.1) is 0 Å². The predicted molar refractivity (Wildman–Crippen MR) is 98.5 cm³/mol. The van der Waals surface area contributed by atoms with Gasteiger partial charge in [-0.15, -0.1) is 0 Å². The molecule has 26 heavy (non-hydrogen) atoms. The summed E-state index contributed by atoms with van der Waals surface area (Å²) in [5.74, 6) is 0. The van der Waals surface area contributed by atoms with Crippen molar-refractivity contribution in [1.29, 1.82) is 0 Å². The van der Waals surface area contributed by atoms with E-state index in [4.69, 9.17) is 37.7 Å². The van der Waals surface area contributed by atoms with Crippen LogP contribution in [0.3, 0.4) is 0 Å². The smallest absolute Gasteiger partial charge is 0.411 e. The van der Waals surface area contributed by atoms with Crippen molar-refractivity contribution in [2.24, 2.45) is 0 Å². The number of methoxy groups -OCH3 is 1. The van der Waals surface area contributed by atoms with Gasteiger partial charge in [-0.3, -0.25) is 0 Å². The molecule has 0 amide bonds. The van der Waals surface area contributed by atoms with Gasteiger partial charge in [0.2, 0.25) is 0 Å². The number of unbranched alkanes of at least 4 members (excludes halogenated alkanes) is 1. The van der Waals surface area contributed by atoms with Crippen molar-refractivity contribution in [2.75, 3.05) is 93.0 Å². The minimum Gasteiger partial charge on any atom is -0.411 e. The summed E-state index contributed by atoms with van der Waals surface area (Å²) in [7, 11) is 2.96. The van der Waals surface area contributed by atoms with Crippen LogP contribution in [0.15, 0.2) is 0 Å². The molecule has 0 bridgehead atoms. The van der Waals surface area contributed by atoms with Crippen LogP contribution in [0.25, 0.3) is 0 Å². The molecule has 1 radical (unpaired) electrons.